The van der Waals surface area contributed by atoms with E-state index in [1.54, 1.807) is 13.2 Å². The molecule has 1 aliphatic carbocycles. The third-order valence-electron chi connectivity index (χ3n) is 1.38. The Balaban J connectivity index is 0. The van der Waals surface area contributed by atoms with Gasteiger partial charge in [0.25, 0.3) is 0 Å². The van der Waals surface area contributed by atoms with Crippen LogP contribution in [0.2, 0.25) is 0 Å². The van der Waals surface area contributed by atoms with Crippen LogP contribution in [0.1, 0.15) is 25.7 Å². The third kappa shape index (κ3) is 24.5. The highest BCUT2D eigenvalue weighted by atomic mass is 16.5. The van der Waals surface area contributed by atoms with Crippen LogP contribution in [0.5, 0.6) is 0 Å². The minimum absolute atomic E-state index is 0.125. The van der Waals surface area contributed by atoms with Crippen molar-refractivity contribution in [3.63, 3.8) is 0 Å². The van der Waals surface area contributed by atoms with Gasteiger partial charge in [0.1, 0.15) is 0 Å². The predicted molar refractivity (Wildman–Crippen MR) is 54.7 cm³/mol. The molecule has 0 aromatic rings. The lowest BCUT2D eigenvalue weighted by Crippen LogP contribution is -1.85. The van der Waals surface area contributed by atoms with Gasteiger partial charge in [0.2, 0.25) is 0 Å². The number of aliphatic hydroxyl groups is 2. The lowest BCUT2D eigenvalue weighted by atomic mass is 10.0. The standard InChI is InChI=1S/C4H8O.C4H8.C2H6O2/c1-3-4-5-2;1-2-4-3-1;3-1-2-4/h3H,1,4H2,2H3;1-4H2;3-4H,1-2H2. The van der Waals surface area contributed by atoms with Crippen molar-refractivity contribution in [3.05, 3.63) is 12.7 Å². The van der Waals surface area contributed by atoms with E-state index in [0.29, 0.717) is 6.61 Å². The first-order valence-electron chi connectivity index (χ1n) is 4.65. The van der Waals surface area contributed by atoms with Crippen molar-refractivity contribution in [3.8, 4) is 0 Å². The molecule has 0 unspecified atom stereocenters. The van der Waals surface area contributed by atoms with Crippen LogP contribution in [0.4, 0.5) is 0 Å². The van der Waals surface area contributed by atoms with E-state index in [0.717, 1.165) is 0 Å². The molecule has 0 aromatic heterocycles. The maximum atomic E-state index is 7.62. The molecule has 1 rings (SSSR count). The van der Waals surface area contributed by atoms with Crippen molar-refractivity contribution in [2.75, 3.05) is 26.9 Å². The summed E-state index contributed by atoms with van der Waals surface area (Å²) in [7, 11) is 1.64. The Hall–Kier alpha value is -0.380. The molecule has 0 aromatic carbocycles. The summed E-state index contributed by atoms with van der Waals surface area (Å²) >= 11 is 0. The van der Waals surface area contributed by atoms with E-state index in [9.17, 15) is 0 Å². The fourth-order valence-corrected chi connectivity index (χ4v) is 0.368. The summed E-state index contributed by atoms with van der Waals surface area (Å²) in [6.45, 7) is 3.83. The van der Waals surface area contributed by atoms with Crippen LogP contribution in [0.25, 0.3) is 0 Å². The van der Waals surface area contributed by atoms with Crippen LogP contribution < -0.4 is 0 Å². The van der Waals surface area contributed by atoms with Gasteiger partial charge >= 0.3 is 0 Å². The smallest absolute Gasteiger partial charge is 0.0662 e. The summed E-state index contributed by atoms with van der Waals surface area (Å²) in [6, 6.07) is 0. The van der Waals surface area contributed by atoms with Gasteiger partial charge in [-0.25, -0.2) is 0 Å². The average molecular weight is 190 g/mol. The highest BCUT2D eigenvalue weighted by Crippen LogP contribution is 2.15. The van der Waals surface area contributed by atoms with E-state index in [1.165, 1.54) is 25.7 Å². The van der Waals surface area contributed by atoms with Gasteiger partial charge in [0.15, 0.2) is 0 Å². The molecule has 3 nitrogen and oxygen atoms in total. The molecule has 80 valence electrons. The molecule has 1 aliphatic rings. The van der Waals surface area contributed by atoms with Crippen LogP contribution in [-0.2, 0) is 4.74 Å². The molecule has 0 spiro atoms. The molecule has 0 saturated heterocycles. The molecule has 3 heteroatoms. The summed E-state index contributed by atoms with van der Waals surface area (Å²) in [5, 5.41) is 15.2. The Kier molecular flexibility index (Phi) is 20.5. The molecule has 13 heavy (non-hydrogen) atoms. The fourth-order valence-electron chi connectivity index (χ4n) is 0.368. The van der Waals surface area contributed by atoms with Crippen LogP contribution in [0.15, 0.2) is 12.7 Å². The van der Waals surface area contributed by atoms with E-state index in [4.69, 9.17) is 10.2 Å². The largest absolute Gasteiger partial charge is 0.394 e. The van der Waals surface area contributed by atoms with Gasteiger partial charge in [-0.05, 0) is 0 Å². The zero-order valence-electron chi connectivity index (χ0n) is 8.54. The zero-order chi connectivity index (χ0) is 10.4. The van der Waals surface area contributed by atoms with E-state index in [1.807, 2.05) is 0 Å². The molecule has 0 atom stereocenters. The predicted octanol–water partition coefficient (Wildman–Crippen LogP) is 1.35. The van der Waals surface area contributed by atoms with Crippen molar-refractivity contribution in [1.82, 2.24) is 0 Å². The highest BCUT2D eigenvalue weighted by molar-refractivity contribution is 4.62. The van der Waals surface area contributed by atoms with E-state index in [2.05, 4.69) is 11.3 Å². The van der Waals surface area contributed by atoms with Gasteiger partial charge in [-0.3, -0.25) is 0 Å². The van der Waals surface area contributed by atoms with Crippen LogP contribution >= 0.6 is 0 Å². The monoisotopic (exact) mass is 190 g/mol. The number of aliphatic hydroxyl groups excluding tert-OH is 2. The van der Waals surface area contributed by atoms with Crippen molar-refractivity contribution >= 4 is 0 Å². The second-order valence-corrected chi connectivity index (χ2v) is 2.61. The van der Waals surface area contributed by atoms with Crippen LogP contribution in [0, 0.1) is 0 Å². The van der Waals surface area contributed by atoms with Gasteiger partial charge in [-0.1, -0.05) is 31.8 Å². The van der Waals surface area contributed by atoms with Crippen LogP contribution in [-0.4, -0.2) is 37.1 Å². The molecule has 0 aliphatic heterocycles. The molecule has 1 saturated carbocycles. The first-order chi connectivity index (χ1) is 6.33. The molecule has 0 amide bonds. The lowest BCUT2D eigenvalue weighted by molar-refractivity contribution is 0.186. The summed E-state index contributed by atoms with van der Waals surface area (Å²) in [5.41, 5.74) is 0. The molecule has 1 fully saturated rings. The lowest BCUT2D eigenvalue weighted by Gasteiger charge is -2.05. The second-order valence-electron chi connectivity index (χ2n) is 2.61. The van der Waals surface area contributed by atoms with Crippen molar-refractivity contribution in [2.45, 2.75) is 25.7 Å². The Labute approximate surface area is 81.0 Å². The van der Waals surface area contributed by atoms with E-state index in [-0.39, 0.29) is 13.2 Å². The minimum Gasteiger partial charge on any atom is -0.394 e. The average Bonchev–Trinajstić information content (AvgIpc) is 2.03. The summed E-state index contributed by atoms with van der Waals surface area (Å²) < 4.78 is 4.57. The van der Waals surface area contributed by atoms with Gasteiger partial charge in [-0.2, -0.15) is 0 Å². The first kappa shape index (κ1) is 15.1. The quantitative estimate of drug-likeness (QED) is 0.660. The Bertz CT molecular complexity index is 74.2. The maximum Gasteiger partial charge on any atom is 0.0662 e. The molecular weight excluding hydrogens is 168 g/mol. The highest BCUT2D eigenvalue weighted by Gasteiger charge is 1.95. The summed E-state index contributed by atoms with van der Waals surface area (Å²) in [6.07, 6.45) is 7.71. The zero-order valence-corrected chi connectivity index (χ0v) is 8.54. The molecule has 0 heterocycles. The number of methoxy groups -OCH3 is 1. The normalized spacial score (nSPS) is 12.5. The van der Waals surface area contributed by atoms with E-state index < -0.39 is 0 Å². The first-order valence-corrected chi connectivity index (χ1v) is 4.65. The molecule has 0 bridgehead atoms. The Morgan fingerprint density at radius 1 is 1.15 bits per heavy atom. The number of hydrogen-bond donors (Lipinski definition) is 2. The van der Waals surface area contributed by atoms with Crippen molar-refractivity contribution in [2.24, 2.45) is 0 Å². The second kappa shape index (κ2) is 17.6. The number of hydrogen-bond acceptors (Lipinski definition) is 3. The SMILES string of the molecule is C1CCC1.C=CCOC.OCCO. The van der Waals surface area contributed by atoms with Crippen molar-refractivity contribution in [1.29, 1.82) is 0 Å². The van der Waals surface area contributed by atoms with Crippen LogP contribution in [0.3, 0.4) is 0 Å². The van der Waals surface area contributed by atoms with Gasteiger partial charge < -0.3 is 14.9 Å². The summed E-state index contributed by atoms with van der Waals surface area (Å²) in [4.78, 5) is 0. The summed E-state index contributed by atoms with van der Waals surface area (Å²) in [5.74, 6) is 0. The Morgan fingerprint density at radius 2 is 1.54 bits per heavy atom. The van der Waals surface area contributed by atoms with Gasteiger partial charge in [-0.15, -0.1) is 6.58 Å². The maximum absolute atomic E-state index is 7.62. The topological polar surface area (TPSA) is 49.7 Å². The van der Waals surface area contributed by atoms with Crippen molar-refractivity contribution < 1.29 is 14.9 Å². The molecule has 2 N–H and O–H groups in total. The molecular formula is C10H22O3. The van der Waals surface area contributed by atoms with E-state index >= 15 is 0 Å². The number of ether oxygens (including phenoxy) is 1. The Morgan fingerprint density at radius 3 is 1.54 bits per heavy atom. The minimum atomic E-state index is -0.125. The van der Waals surface area contributed by atoms with Gasteiger partial charge in [0.05, 0.1) is 19.8 Å². The third-order valence-corrected chi connectivity index (χ3v) is 1.38. The fraction of sp³-hybridized carbons (Fsp3) is 0.800. The van der Waals surface area contributed by atoms with Gasteiger partial charge in [0, 0.05) is 7.11 Å². The number of rotatable bonds is 3. The molecule has 0 radical (unpaired) electrons.